The van der Waals surface area contributed by atoms with E-state index in [0.717, 1.165) is 12.6 Å². The second kappa shape index (κ2) is 4.87. The fourth-order valence-corrected chi connectivity index (χ4v) is 4.29. The van der Waals surface area contributed by atoms with Crippen LogP contribution >= 0.6 is 0 Å². The number of nitrogens with zero attached hydrogens (tertiary/aromatic N) is 2. The first-order chi connectivity index (χ1) is 10.8. The molecule has 0 saturated carbocycles. The molecule has 1 aromatic carbocycles. The van der Waals surface area contributed by atoms with Crippen molar-refractivity contribution < 1.29 is 4.49 Å². The third-order valence-corrected chi connectivity index (χ3v) is 5.48. The Balaban J connectivity index is 2.05. The van der Waals surface area contributed by atoms with Gasteiger partial charge in [0.15, 0.2) is 5.70 Å². The van der Waals surface area contributed by atoms with E-state index in [1.54, 1.807) is 0 Å². The van der Waals surface area contributed by atoms with E-state index >= 15 is 0 Å². The van der Waals surface area contributed by atoms with Crippen LogP contribution in [0.4, 0.5) is 0 Å². The van der Waals surface area contributed by atoms with E-state index in [0.29, 0.717) is 0 Å². The molecule has 0 radical (unpaired) electrons. The second-order valence-electron chi connectivity index (χ2n) is 6.29. The molecule has 0 unspecified atom stereocenters. The lowest BCUT2D eigenvalue weighted by Crippen LogP contribution is -2.55. The summed E-state index contributed by atoms with van der Waals surface area (Å²) in [4.78, 5) is 0. The summed E-state index contributed by atoms with van der Waals surface area (Å²) in [6, 6.07) is 15.2. The molecule has 0 spiro atoms. The van der Waals surface area contributed by atoms with Crippen LogP contribution in [0.5, 0.6) is 0 Å². The normalized spacial score (nSPS) is 18.2. The number of allylic oxidation sites excluding steroid dienone is 2. The van der Waals surface area contributed by atoms with Crippen LogP contribution in [-0.2, 0) is 0 Å². The van der Waals surface area contributed by atoms with Gasteiger partial charge in [-0.25, -0.2) is 0 Å². The van der Waals surface area contributed by atoms with Gasteiger partial charge < -0.3 is 8.96 Å². The Hall–Kier alpha value is -2.29. The van der Waals surface area contributed by atoms with E-state index in [1.165, 1.54) is 22.5 Å². The van der Waals surface area contributed by atoms with Gasteiger partial charge in [0.2, 0.25) is 0 Å². The molecule has 0 atom stereocenters. The van der Waals surface area contributed by atoms with E-state index in [4.69, 9.17) is 0 Å². The molecule has 4 rings (SSSR count). The van der Waals surface area contributed by atoms with Crippen LogP contribution in [0.2, 0.25) is 12.6 Å². The maximum absolute atomic E-state index is 2.52. The Morgan fingerprint density at radius 3 is 2.50 bits per heavy atom. The number of hydrogen-bond donors (Lipinski definition) is 0. The van der Waals surface area contributed by atoms with Gasteiger partial charge in [-0.05, 0) is 23.9 Å². The Labute approximate surface area is 132 Å². The third-order valence-electron chi connectivity index (χ3n) is 5.48. The summed E-state index contributed by atoms with van der Waals surface area (Å²) in [6.07, 6.45) is 10.5. The molecule has 0 amide bonds. The van der Waals surface area contributed by atoms with Gasteiger partial charge in [0.1, 0.15) is 6.21 Å². The van der Waals surface area contributed by atoms with Crippen LogP contribution in [-0.4, -0.2) is 21.6 Å². The number of hydrogen-bond acceptors (Lipinski definition) is 0. The van der Waals surface area contributed by atoms with Crippen LogP contribution in [0.25, 0.3) is 5.57 Å². The van der Waals surface area contributed by atoms with Crippen molar-refractivity contribution >= 4 is 18.2 Å². The maximum atomic E-state index is 2.52. The second-order valence-corrected chi connectivity index (χ2v) is 6.29. The molecule has 0 fully saturated rings. The van der Waals surface area contributed by atoms with Gasteiger partial charge in [-0.3, -0.25) is 0 Å². The molecule has 2 aliphatic heterocycles. The fourth-order valence-electron chi connectivity index (χ4n) is 4.29. The van der Waals surface area contributed by atoms with Gasteiger partial charge in [0.05, 0.1) is 5.57 Å². The Morgan fingerprint density at radius 2 is 1.77 bits per heavy atom. The van der Waals surface area contributed by atoms with Gasteiger partial charge >= 0.3 is 6.42 Å². The third kappa shape index (κ3) is 1.59. The highest BCUT2D eigenvalue weighted by Gasteiger charge is 2.45. The largest absolute Gasteiger partial charge is 0.461 e. The van der Waals surface area contributed by atoms with Crippen LogP contribution in [0, 0.1) is 0 Å². The van der Waals surface area contributed by atoms with Crippen LogP contribution in [0.15, 0.2) is 66.5 Å². The minimum Gasteiger partial charge on any atom is -0.461 e. The first-order valence-corrected chi connectivity index (χ1v) is 8.28. The fraction of sp³-hybridized carbons (Fsp3) is 0.211. The van der Waals surface area contributed by atoms with Crippen LogP contribution in [0.3, 0.4) is 0 Å². The van der Waals surface area contributed by atoms with Crippen molar-refractivity contribution in [1.29, 1.82) is 0 Å². The van der Waals surface area contributed by atoms with E-state index < -0.39 is 6.42 Å². The predicted molar refractivity (Wildman–Crippen MR) is 94.5 cm³/mol. The number of benzene rings is 1. The smallest absolute Gasteiger partial charge is 0.377 e. The SMILES string of the molecule is CC[B-]1(CC)n2cccc2C(c2ccccc2)=C2C=CC=[N+]21. The molecule has 2 aromatic rings. The molecule has 0 bridgehead atoms. The standard InChI is InChI=1S/C19H21BN2/c1-3-20(4-2)21-14-8-12-17(21)19(16-10-6-5-7-11-16)18-13-9-15-22(18)20/h5-15H,3-4H2,1-2H3. The molecule has 1 aromatic heterocycles. The van der Waals surface area contributed by atoms with Crippen molar-refractivity contribution in [2.45, 2.75) is 26.5 Å². The minimum atomic E-state index is -0.773. The van der Waals surface area contributed by atoms with Gasteiger partial charge in [0.25, 0.3) is 0 Å². The first-order valence-electron chi connectivity index (χ1n) is 8.28. The monoisotopic (exact) mass is 288 g/mol. The molecule has 3 heteroatoms. The van der Waals surface area contributed by atoms with Crippen LogP contribution in [0.1, 0.15) is 25.1 Å². The summed E-state index contributed by atoms with van der Waals surface area (Å²) in [7, 11) is 0. The quantitative estimate of drug-likeness (QED) is 0.746. The summed E-state index contributed by atoms with van der Waals surface area (Å²) < 4.78 is 5.05. The molecule has 2 nitrogen and oxygen atoms in total. The highest BCUT2D eigenvalue weighted by Crippen LogP contribution is 2.39. The predicted octanol–water partition coefficient (Wildman–Crippen LogP) is 4.24. The summed E-state index contributed by atoms with van der Waals surface area (Å²) in [6.45, 7) is 4.62. The lowest BCUT2D eigenvalue weighted by Gasteiger charge is -2.41. The Morgan fingerprint density at radius 1 is 1.00 bits per heavy atom. The zero-order valence-electron chi connectivity index (χ0n) is 13.2. The molecule has 22 heavy (non-hydrogen) atoms. The van der Waals surface area contributed by atoms with E-state index in [1.807, 2.05) is 0 Å². The zero-order valence-corrected chi connectivity index (χ0v) is 13.2. The summed E-state index contributed by atoms with van der Waals surface area (Å²) in [5, 5.41) is 0. The highest BCUT2D eigenvalue weighted by molar-refractivity contribution is 6.72. The number of aromatic nitrogens is 1. The topological polar surface area (TPSA) is 7.94 Å². The van der Waals surface area contributed by atoms with Gasteiger partial charge in [0, 0.05) is 17.8 Å². The van der Waals surface area contributed by atoms with Crippen molar-refractivity contribution in [2.75, 3.05) is 0 Å². The molecule has 0 saturated heterocycles. The molecule has 2 aliphatic rings. The van der Waals surface area contributed by atoms with E-state index in [-0.39, 0.29) is 0 Å². The molecule has 0 aliphatic carbocycles. The Kier molecular flexibility index (Phi) is 2.96. The number of rotatable bonds is 3. The Bertz CT molecular complexity index is 805. The van der Waals surface area contributed by atoms with Crippen LogP contribution < -0.4 is 0 Å². The van der Waals surface area contributed by atoms with Crippen molar-refractivity contribution in [3.05, 3.63) is 77.8 Å². The maximum Gasteiger partial charge on any atom is 0.377 e. The average Bonchev–Trinajstić information content (AvgIpc) is 3.23. The lowest BCUT2D eigenvalue weighted by molar-refractivity contribution is -0.331. The van der Waals surface area contributed by atoms with Gasteiger partial charge in [-0.1, -0.05) is 56.8 Å². The molecular weight excluding hydrogens is 267 g/mol. The van der Waals surface area contributed by atoms with Crippen molar-refractivity contribution in [3.8, 4) is 0 Å². The van der Waals surface area contributed by atoms with Crippen molar-refractivity contribution in [3.63, 3.8) is 0 Å². The van der Waals surface area contributed by atoms with Gasteiger partial charge in [-0.15, -0.1) is 0 Å². The number of fused-ring (bicyclic) bond motifs is 2. The zero-order chi connectivity index (χ0) is 15.2. The van der Waals surface area contributed by atoms with E-state index in [2.05, 4.69) is 89.8 Å². The highest BCUT2D eigenvalue weighted by atomic mass is 15.1. The summed E-state index contributed by atoms with van der Waals surface area (Å²) in [5.41, 5.74) is 5.33. The molecule has 0 N–H and O–H groups in total. The van der Waals surface area contributed by atoms with Crippen molar-refractivity contribution in [2.24, 2.45) is 0 Å². The molecule has 110 valence electrons. The van der Waals surface area contributed by atoms with Gasteiger partial charge in [-0.2, -0.15) is 0 Å². The first kappa shape index (κ1) is 13.4. The molecule has 3 heterocycles. The minimum absolute atomic E-state index is 0.773. The van der Waals surface area contributed by atoms with E-state index in [9.17, 15) is 0 Å². The summed E-state index contributed by atoms with van der Waals surface area (Å²) >= 11 is 0. The lowest BCUT2D eigenvalue weighted by atomic mass is 9.40. The average molecular weight is 288 g/mol. The molecular formula is C19H21BN2. The summed E-state index contributed by atoms with van der Waals surface area (Å²) in [5.74, 6) is 0. The van der Waals surface area contributed by atoms with Crippen molar-refractivity contribution in [1.82, 2.24) is 4.48 Å².